The molecule has 0 radical (unpaired) electrons. The number of hydrogen-bond donors (Lipinski definition) is 1. The number of rotatable bonds is 3. The molecule has 0 saturated carbocycles. The van der Waals surface area contributed by atoms with Crippen LogP contribution in [0.4, 0.5) is 0 Å². The monoisotopic (exact) mass is 286 g/mol. The van der Waals surface area contributed by atoms with Crippen molar-refractivity contribution in [2.75, 3.05) is 32.7 Å². The van der Waals surface area contributed by atoms with Crippen LogP contribution < -0.4 is 5.32 Å². The molecule has 2 amide bonds. The third-order valence-electron chi connectivity index (χ3n) is 3.43. The molecule has 1 heterocycles. The number of benzene rings is 1. The highest BCUT2D eigenvalue weighted by Gasteiger charge is 2.25. The normalized spacial score (nSPS) is 15.3. The van der Waals surface area contributed by atoms with Gasteiger partial charge in [0.05, 0.1) is 6.07 Å². The van der Waals surface area contributed by atoms with Crippen molar-refractivity contribution in [3.05, 3.63) is 35.9 Å². The standard InChI is InChI=1S/C15H18N4O2/c16-6-7-17-14(20)15(21)19-10-8-18(9-11-19)12-13-4-2-1-3-5-13/h1-5H,7-12H2,(H,17,20). The molecule has 21 heavy (non-hydrogen) atoms. The highest BCUT2D eigenvalue weighted by molar-refractivity contribution is 6.35. The highest BCUT2D eigenvalue weighted by Crippen LogP contribution is 2.08. The summed E-state index contributed by atoms with van der Waals surface area (Å²) < 4.78 is 0. The van der Waals surface area contributed by atoms with E-state index in [2.05, 4.69) is 22.3 Å². The topological polar surface area (TPSA) is 76.4 Å². The van der Waals surface area contributed by atoms with Gasteiger partial charge in [0.1, 0.15) is 6.54 Å². The third-order valence-corrected chi connectivity index (χ3v) is 3.43. The van der Waals surface area contributed by atoms with Gasteiger partial charge in [0.2, 0.25) is 0 Å². The number of amides is 2. The first-order valence-electron chi connectivity index (χ1n) is 6.91. The second-order valence-electron chi connectivity index (χ2n) is 4.89. The van der Waals surface area contributed by atoms with Crippen LogP contribution in [-0.4, -0.2) is 54.3 Å². The largest absolute Gasteiger partial charge is 0.335 e. The molecular weight excluding hydrogens is 268 g/mol. The zero-order chi connectivity index (χ0) is 15.1. The van der Waals surface area contributed by atoms with Gasteiger partial charge in [-0.3, -0.25) is 14.5 Å². The molecule has 6 heteroatoms. The van der Waals surface area contributed by atoms with Gasteiger partial charge in [0.25, 0.3) is 0 Å². The fourth-order valence-corrected chi connectivity index (χ4v) is 2.29. The van der Waals surface area contributed by atoms with Crippen LogP contribution in [0.5, 0.6) is 0 Å². The maximum Gasteiger partial charge on any atom is 0.311 e. The number of carbonyl (C=O) groups excluding carboxylic acids is 2. The van der Waals surface area contributed by atoms with E-state index in [-0.39, 0.29) is 6.54 Å². The summed E-state index contributed by atoms with van der Waals surface area (Å²) in [4.78, 5) is 27.2. The summed E-state index contributed by atoms with van der Waals surface area (Å²) in [6.07, 6.45) is 0. The van der Waals surface area contributed by atoms with Crippen molar-refractivity contribution in [2.45, 2.75) is 6.54 Å². The lowest BCUT2D eigenvalue weighted by atomic mass is 10.2. The third kappa shape index (κ3) is 4.29. The fourth-order valence-electron chi connectivity index (χ4n) is 2.29. The summed E-state index contributed by atoms with van der Waals surface area (Å²) in [6.45, 7) is 3.26. The van der Waals surface area contributed by atoms with Crippen LogP contribution >= 0.6 is 0 Å². The molecule has 1 aliphatic rings. The first-order valence-corrected chi connectivity index (χ1v) is 6.91. The smallest absolute Gasteiger partial charge is 0.311 e. The Morgan fingerprint density at radius 1 is 1.14 bits per heavy atom. The molecule has 0 unspecified atom stereocenters. The molecule has 1 aromatic carbocycles. The van der Waals surface area contributed by atoms with E-state index >= 15 is 0 Å². The number of piperazine rings is 1. The predicted octanol–water partition coefficient (Wildman–Crippen LogP) is -0.0294. The van der Waals surface area contributed by atoms with Crippen molar-refractivity contribution in [3.8, 4) is 6.07 Å². The van der Waals surface area contributed by atoms with E-state index in [1.165, 1.54) is 10.5 Å². The van der Waals surface area contributed by atoms with E-state index in [1.54, 1.807) is 6.07 Å². The van der Waals surface area contributed by atoms with Crippen molar-refractivity contribution in [2.24, 2.45) is 0 Å². The van der Waals surface area contributed by atoms with E-state index in [9.17, 15) is 9.59 Å². The molecule has 1 N–H and O–H groups in total. The Bertz CT molecular complexity index is 530. The fraction of sp³-hybridized carbons (Fsp3) is 0.400. The Morgan fingerprint density at radius 2 is 1.81 bits per heavy atom. The summed E-state index contributed by atoms with van der Waals surface area (Å²) in [5, 5.41) is 10.7. The highest BCUT2D eigenvalue weighted by atomic mass is 16.2. The Labute approximate surface area is 123 Å². The number of nitrogens with zero attached hydrogens (tertiary/aromatic N) is 3. The average Bonchev–Trinajstić information content (AvgIpc) is 2.53. The van der Waals surface area contributed by atoms with E-state index in [0.717, 1.165) is 19.6 Å². The number of hydrogen-bond acceptors (Lipinski definition) is 4. The van der Waals surface area contributed by atoms with Crippen LogP contribution in [0.15, 0.2) is 30.3 Å². The lowest BCUT2D eigenvalue weighted by Crippen LogP contribution is -2.52. The van der Waals surface area contributed by atoms with Crippen molar-refractivity contribution in [1.29, 1.82) is 5.26 Å². The van der Waals surface area contributed by atoms with Gasteiger partial charge in [-0.25, -0.2) is 0 Å². The zero-order valence-electron chi connectivity index (χ0n) is 11.8. The van der Waals surface area contributed by atoms with Crippen molar-refractivity contribution in [1.82, 2.24) is 15.1 Å². The summed E-state index contributed by atoms with van der Waals surface area (Å²) in [7, 11) is 0. The second-order valence-corrected chi connectivity index (χ2v) is 4.89. The van der Waals surface area contributed by atoms with Crippen molar-refractivity contribution < 1.29 is 9.59 Å². The van der Waals surface area contributed by atoms with Crippen LogP contribution in [0.3, 0.4) is 0 Å². The van der Waals surface area contributed by atoms with Gasteiger partial charge in [0.15, 0.2) is 0 Å². The van der Waals surface area contributed by atoms with Crippen LogP contribution in [0, 0.1) is 11.3 Å². The first-order chi connectivity index (χ1) is 10.2. The molecule has 0 bridgehead atoms. The molecule has 1 saturated heterocycles. The zero-order valence-corrected chi connectivity index (χ0v) is 11.8. The molecule has 6 nitrogen and oxygen atoms in total. The van der Waals surface area contributed by atoms with Crippen LogP contribution in [0.1, 0.15) is 5.56 Å². The van der Waals surface area contributed by atoms with Crippen LogP contribution in [-0.2, 0) is 16.1 Å². The van der Waals surface area contributed by atoms with Crippen LogP contribution in [0.2, 0.25) is 0 Å². The number of carbonyl (C=O) groups is 2. The molecule has 110 valence electrons. The van der Waals surface area contributed by atoms with Crippen molar-refractivity contribution >= 4 is 11.8 Å². The number of nitrogens with one attached hydrogen (secondary N) is 1. The molecule has 1 aliphatic heterocycles. The summed E-state index contributed by atoms with van der Waals surface area (Å²) in [5.74, 6) is -1.25. The molecule has 1 fully saturated rings. The van der Waals surface area contributed by atoms with E-state index in [1.807, 2.05) is 18.2 Å². The van der Waals surface area contributed by atoms with Gasteiger partial charge in [-0.1, -0.05) is 30.3 Å². The predicted molar refractivity (Wildman–Crippen MR) is 76.9 cm³/mol. The molecule has 0 aromatic heterocycles. The first kappa shape index (κ1) is 15.0. The van der Waals surface area contributed by atoms with Crippen molar-refractivity contribution in [3.63, 3.8) is 0 Å². The van der Waals surface area contributed by atoms with E-state index in [0.29, 0.717) is 13.1 Å². The Hall–Kier alpha value is -2.39. The van der Waals surface area contributed by atoms with Gasteiger partial charge >= 0.3 is 11.8 Å². The average molecular weight is 286 g/mol. The minimum atomic E-state index is -0.701. The van der Waals surface area contributed by atoms with Gasteiger partial charge in [-0.15, -0.1) is 0 Å². The second kappa shape index (κ2) is 7.41. The molecule has 0 spiro atoms. The molecule has 2 rings (SSSR count). The molecule has 1 aromatic rings. The minimum absolute atomic E-state index is 0.140. The van der Waals surface area contributed by atoms with Gasteiger partial charge in [-0.2, -0.15) is 5.26 Å². The van der Waals surface area contributed by atoms with Gasteiger partial charge < -0.3 is 10.2 Å². The molecule has 0 atom stereocenters. The SMILES string of the molecule is N#CCNC(=O)C(=O)N1CCN(Cc2ccccc2)CC1. The van der Waals surface area contributed by atoms with Gasteiger partial charge in [-0.05, 0) is 5.56 Å². The Morgan fingerprint density at radius 3 is 2.43 bits per heavy atom. The summed E-state index contributed by atoms with van der Waals surface area (Å²) in [5.41, 5.74) is 1.24. The van der Waals surface area contributed by atoms with E-state index < -0.39 is 11.8 Å². The van der Waals surface area contributed by atoms with E-state index in [4.69, 9.17) is 5.26 Å². The quantitative estimate of drug-likeness (QED) is 0.625. The Balaban J connectivity index is 1.79. The maximum atomic E-state index is 11.9. The van der Waals surface area contributed by atoms with Gasteiger partial charge in [0, 0.05) is 32.7 Å². The Kier molecular flexibility index (Phi) is 5.29. The minimum Gasteiger partial charge on any atom is -0.335 e. The lowest BCUT2D eigenvalue weighted by molar-refractivity contribution is -0.146. The summed E-state index contributed by atoms with van der Waals surface area (Å²) in [6, 6.07) is 11.9. The molecule has 0 aliphatic carbocycles. The molecular formula is C15H18N4O2. The maximum absolute atomic E-state index is 11.9. The number of nitriles is 1. The lowest BCUT2D eigenvalue weighted by Gasteiger charge is -2.34. The summed E-state index contributed by atoms with van der Waals surface area (Å²) >= 11 is 0. The van der Waals surface area contributed by atoms with Crippen LogP contribution in [0.25, 0.3) is 0 Å².